The summed E-state index contributed by atoms with van der Waals surface area (Å²) in [5.74, 6) is -0.446. The van der Waals surface area contributed by atoms with E-state index in [1.807, 2.05) is 60.7 Å². The maximum absolute atomic E-state index is 13.1. The molecular weight excluding hydrogens is 604 g/mol. The number of hydrogen-bond donors (Lipinski definition) is 3. The highest BCUT2D eigenvalue weighted by molar-refractivity contribution is 5.98. The van der Waals surface area contributed by atoms with Crippen LogP contribution in [0, 0.1) is 0 Å². The van der Waals surface area contributed by atoms with E-state index in [1.54, 1.807) is 24.5 Å². The number of carbonyl (C=O) groups is 3. The Balaban J connectivity index is 1.39. The summed E-state index contributed by atoms with van der Waals surface area (Å²) < 4.78 is 5.88. The first kappa shape index (κ1) is 35.8. The second-order valence-corrected chi connectivity index (χ2v) is 12.4. The third kappa shape index (κ3) is 10.5. The molecule has 2 atom stereocenters. The zero-order valence-electron chi connectivity index (χ0n) is 28.2. The number of rotatable bonds is 17. The second kappa shape index (κ2) is 17.8. The van der Waals surface area contributed by atoms with Gasteiger partial charge in [-0.05, 0) is 60.2 Å². The number of unbranched alkanes of at least 4 members (excludes halogenated alkanes) is 4. The number of aromatic nitrogens is 2. The molecule has 0 aliphatic carbocycles. The van der Waals surface area contributed by atoms with E-state index in [4.69, 9.17) is 4.74 Å². The summed E-state index contributed by atoms with van der Waals surface area (Å²) in [5, 5.41) is 14.6. The molecule has 2 amide bonds. The van der Waals surface area contributed by atoms with Gasteiger partial charge in [-0.15, -0.1) is 0 Å². The molecule has 2 unspecified atom stereocenters. The van der Waals surface area contributed by atoms with Gasteiger partial charge in [0.05, 0.1) is 6.61 Å². The highest BCUT2D eigenvalue weighted by Crippen LogP contribution is 2.24. The van der Waals surface area contributed by atoms with Gasteiger partial charge in [0.1, 0.15) is 17.8 Å². The lowest BCUT2D eigenvalue weighted by Gasteiger charge is -2.20. The lowest BCUT2D eigenvalue weighted by atomic mass is 10.0. The SMILES string of the molecule is CCCCCCCOc1ccc(-c2cnc(-c3ccc(CC(NC(=O)c4ccc(C(C)C)cc4)C(=O)NC(C)C(=O)O)cc3)nc2)cc1. The van der Waals surface area contributed by atoms with Crippen molar-refractivity contribution < 1.29 is 24.2 Å². The molecule has 0 spiro atoms. The number of amides is 2. The van der Waals surface area contributed by atoms with Crippen LogP contribution in [0.25, 0.3) is 22.5 Å². The molecule has 0 aliphatic heterocycles. The summed E-state index contributed by atoms with van der Waals surface area (Å²) in [7, 11) is 0. The molecule has 9 heteroatoms. The summed E-state index contributed by atoms with van der Waals surface area (Å²) in [4.78, 5) is 46.7. The Morgan fingerprint density at radius 2 is 1.38 bits per heavy atom. The fourth-order valence-corrected chi connectivity index (χ4v) is 5.14. The van der Waals surface area contributed by atoms with Crippen molar-refractivity contribution in [2.24, 2.45) is 0 Å². The van der Waals surface area contributed by atoms with Crippen LogP contribution in [0.15, 0.2) is 85.2 Å². The van der Waals surface area contributed by atoms with E-state index in [1.165, 1.54) is 32.6 Å². The van der Waals surface area contributed by atoms with Crippen LogP contribution >= 0.6 is 0 Å². The smallest absolute Gasteiger partial charge is 0.325 e. The van der Waals surface area contributed by atoms with Gasteiger partial charge in [0.25, 0.3) is 5.91 Å². The fourth-order valence-electron chi connectivity index (χ4n) is 5.14. The number of carboxylic acids is 1. The van der Waals surface area contributed by atoms with Crippen molar-refractivity contribution in [1.82, 2.24) is 20.6 Å². The molecule has 0 radical (unpaired) electrons. The van der Waals surface area contributed by atoms with Crippen LogP contribution in [0.5, 0.6) is 5.75 Å². The highest BCUT2D eigenvalue weighted by atomic mass is 16.5. The van der Waals surface area contributed by atoms with Crippen molar-refractivity contribution in [3.8, 4) is 28.3 Å². The Hall–Kier alpha value is -5.05. The largest absolute Gasteiger partial charge is 0.494 e. The van der Waals surface area contributed by atoms with E-state index in [2.05, 4.69) is 41.4 Å². The molecule has 1 aromatic heterocycles. The van der Waals surface area contributed by atoms with E-state index in [-0.39, 0.29) is 6.42 Å². The minimum Gasteiger partial charge on any atom is -0.494 e. The first-order valence-corrected chi connectivity index (χ1v) is 16.7. The molecule has 0 bridgehead atoms. The Labute approximate surface area is 283 Å². The quantitative estimate of drug-likeness (QED) is 0.103. The molecule has 4 rings (SSSR count). The van der Waals surface area contributed by atoms with Gasteiger partial charge in [0.15, 0.2) is 5.82 Å². The zero-order valence-corrected chi connectivity index (χ0v) is 28.2. The number of hydrogen-bond acceptors (Lipinski definition) is 6. The average molecular weight is 651 g/mol. The maximum Gasteiger partial charge on any atom is 0.325 e. The first-order valence-electron chi connectivity index (χ1n) is 16.7. The second-order valence-electron chi connectivity index (χ2n) is 12.4. The molecule has 0 saturated heterocycles. The summed E-state index contributed by atoms with van der Waals surface area (Å²) >= 11 is 0. The number of carbonyl (C=O) groups excluding carboxylic acids is 2. The number of aliphatic carboxylic acids is 1. The number of carboxylic acid groups (broad SMARTS) is 1. The standard InChI is InChI=1S/C39H46N4O5/c1-5-6-7-8-9-22-48-34-20-18-30(19-21-34)33-24-40-36(41-25-33)31-12-10-28(11-13-31)23-35(38(45)42-27(4)39(46)47)43-37(44)32-16-14-29(15-17-32)26(2)3/h10-21,24-27,35H,5-9,22-23H2,1-4H3,(H,42,45)(H,43,44)(H,46,47). The predicted octanol–water partition coefficient (Wildman–Crippen LogP) is 7.21. The van der Waals surface area contributed by atoms with Crippen LogP contribution in [-0.4, -0.2) is 51.5 Å². The average Bonchev–Trinajstić information content (AvgIpc) is 3.10. The summed E-state index contributed by atoms with van der Waals surface area (Å²) in [6, 6.07) is 20.5. The molecule has 9 nitrogen and oxygen atoms in total. The lowest BCUT2D eigenvalue weighted by molar-refractivity contribution is -0.141. The third-order valence-corrected chi connectivity index (χ3v) is 8.20. The van der Waals surface area contributed by atoms with Crippen molar-refractivity contribution in [3.05, 3.63) is 102 Å². The van der Waals surface area contributed by atoms with Gasteiger partial charge in [-0.3, -0.25) is 14.4 Å². The van der Waals surface area contributed by atoms with Crippen molar-refractivity contribution >= 4 is 17.8 Å². The van der Waals surface area contributed by atoms with Gasteiger partial charge in [-0.1, -0.05) is 95.0 Å². The lowest BCUT2D eigenvalue weighted by Crippen LogP contribution is -2.51. The Kier molecular flexibility index (Phi) is 13.2. The van der Waals surface area contributed by atoms with Gasteiger partial charge >= 0.3 is 5.97 Å². The van der Waals surface area contributed by atoms with Gasteiger partial charge in [0, 0.05) is 35.5 Å². The Morgan fingerprint density at radius 3 is 1.98 bits per heavy atom. The van der Waals surface area contributed by atoms with Crippen molar-refractivity contribution in [1.29, 1.82) is 0 Å². The van der Waals surface area contributed by atoms with Crippen LogP contribution < -0.4 is 15.4 Å². The molecule has 0 fully saturated rings. The number of benzene rings is 3. The maximum atomic E-state index is 13.1. The first-order chi connectivity index (χ1) is 23.1. The molecule has 3 aromatic carbocycles. The molecule has 1 heterocycles. The zero-order chi connectivity index (χ0) is 34.5. The molecular formula is C39H46N4O5. The fraction of sp³-hybridized carbons (Fsp3) is 0.359. The molecule has 48 heavy (non-hydrogen) atoms. The van der Waals surface area contributed by atoms with Gasteiger partial charge in [0.2, 0.25) is 5.91 Å². The molecule has 252 valence electrons. The van der Waals surface area contributed by atoms with E-state index >= 15 is 0 Å². The van der Waals surface area contributed by atoms with Crippen LogP contribution in [-0.2, 0) is 16.0 Å². The van der Waals surface area contributed by atoms with Crippen molar-refractivity contribution in [2.75, 3.05) is 6.61 Å². The van der Waals surface area contributed by atoms with E-state index < -0.39 is 29.9 Å². The highest BCUT2D eigenvalue weighted by Gasteiger charge is 2.25. The number of ether oxygens (including phenoxy) is 1. The van der Waals surface area contributed by atoms with Crippen LogP contribution in [0.3, 0.4) is 0 Å². The molecule has 0 aliphatic rings. The Bertz CT molecular complexity index is 1620. The van der Waals surface area contributed by atoms with Crippen LogP contribution in [0.4, 0.5) is 0 Å². The molecule has 3 N–H and O–H groups in total. The summed E-state index contributed by atoms with van der Waals surface area (Å²) in [6.45, 7) is 8.45. The molecule has 0 saturated carbocycles. The van der Waals surface area contributed by atoms with Crippen molar-refractivity contribution in [2.45, 2.75) is 84.2 Å². The predicted molar refractivity (Wildman–Crippen MR) is 188 cm³/mol. The normalized spacial score (nSPS) is 12.3. The summed E-state index contributed by atoms with van der Waals surface area (Å²) in [6.07, 6.45) is 9.74. The minimum absolute atomic E-state index is 0.159. The molecule has 4 aromatic rings. The van der Waals surface area contributed by atoms with Gasteiger partial charge in [-0.2, -0.15) is 0 Å². The monoisotopic (exact) mass is 650 g/mol. The van der Waals surface area contributed by atoms with E-state index in [0.717, 1.165) is 46.6 Å². The number of nitrogens with zero attached hydrogens (tertiary/aromatic N) is 2. The number of nitrogens with one attached hydrogen (secondary N) is 2. The van der Waals surface area contributed by atoms with E-state index in [9.17, 15) is 19.5 Å². The summed E-state index contributed by atoms with van der Waals surface area (Å²) in [5.41, 5.74) is 4.96. The van der Waals surface area contributed by atoms with Gasteiger partial charge in [-0.25, -0.2) is 9.97 Å². The van der Waals surface area contributed by atoms with E-state index in [0.29, 0.717) is 17.3 Å². The topological polar surface area (TPSA) is 131 Å². The van der Waals surface area contributed by atoms with Gasteiger partial charge < -0.3 is 20.5 Å². The third-order valence-electron chi connectivity index (χ3n) is 8.20. The van der Waals surface area contributed by atoms with Crippen LogP contribution in [0.1, 0.15) is 87.2 Å². The minimum atomic E-state index is -1.16. The van der Waals surface area contributed by atoms with Crippen LogP contribution in [0.2, 0.25) is 0 Å². The Morgan fingerprint density at radius 1 is 0.750 bits per heavy atom. The van der Waals surface area contributed by atoms with Crippen molar-refractivity contribution in [3.63, 3.8) is 0 Å².